The van der Waals surface area contributed by atoms with Gasteiger partial charge in [0.1, 0.15) is 0 Å². The third kappa shape index (κ3) is 6.23. The first kappa shape index (κ1) is 13.1. The van der Waals surface area contributed by atoms with Crippen molar-refractivity contribution in [1.29, 1.82) is 0 Å². The van der Waals surface area contributed by atoms with E-state index in [0.29, 0.717) is 0 Å². The van der Waals surface area contributed by atoms with Crippen molar-refractivity contribution in [3.8, 4) is 0 Å². The normalized spacial score (nSPS) is 12.9. The van der Waals surface area contributed by atoms with Gasteiger partial charge in [0.25, 0.3) is 0 Å². The van der Waals surface area contributed by atoms with Crippen LogP contribution in [-0.4, -0.2) is 18.1 Å². The highest BCUT2D eigenvalue weighted by atomic mass is 32.2. The second-order valence-electron chi connectivity index (χ2n) is 3.84. The number of nitrogens with one attached hydrogen (secondary N) is 1. The first-order valence-corrected chi connectivity index (χ1v) is 7.67. The van der Waals surface area contributed by atoms with E-state index < -0.39 is 0 Å². The van der Waals surface area contributed by atoms with Gasteiger partial charge in [-0.05, 0) is 23.1 Å². The van der Waals surface area contributed by atoms with Crippen LogP contribution in [0.25, 0.3) is 0 Å². The minimum atomic E-state index is 0.868. The minimum absolute atomic E-state index is 0.868. The standard InChI is InChI=1S/C12H21NS2/c1-3-11(2)10-14-8-6-13-9-12-5-4-7-15-12/h4-5,7,11,13H,3,6,8-10H2,1-2H3. The zero-order valence-electron chi connectivity index (χ0n) is 9.66. The fourth-order valence-corrected chi connectivity index (χ4v) is 2.94. The van der Waals surface area contributed by atoms with Gasteiger partial charge in [0.05, 0.1) is 0 Å². The zero-order valence-corrected chi connectivity index (χ0v) is 11.3. The molecule has 1 aromatic rings. The quantitative estimate of drug-likeness (QED) is 0.700. The minimum Gasteiger partial charge on any atom is -0.311 e. The highest BCUT2D eigenvalue weighted by molar-refractivity contribution is 7.99. The Kier molecular flexibility index (Phi) is 7.14. The van der Waals surface area contributed by atoms with Gasteiger partial charge in [-0.3, -0.25) is 0 Å². The van der Waals surface area contributed by atoms with Gasteiger partial charge in [-0.1, -0.05) is 26.3 Å². The topological polar surface area (TPSA) is 12.0 Å². The van der Waals surface area contributed by atoms with E-state index in [1.165, 1.54) is 22.8 Å². The van der Waals surface area contributed by atoms with Crippen molar-refractivity contribution in [2.75, 3.05) is 18.1 Å². The Hall–Kier alpha value is 0.01000. The van der Waals surface area contributed by atoms with Crippen molar-refractivity contribution in [3.63, 3.8) is 0 Å². The maximum Gasteiger partial charge on any atom is 0.0300 e. The molecule has 0 amide bonds. The summed E-state index contributed by atoms with van der Waals surface area (Å²) in [6.07, 6.45) is 1.30. The average molecular weight is 243 g/mol. The molecule has 0 aliphatic rings. The van der Waals surface area contributed by atoms with E-state index in [0.717, 1.165) is 19.0 Å². The van der Waals surface area contributed by atoms with Crippen molar-refractivity contribution in [2.24, 2.45) is 5.92 Å². The van der Waals surface area contributed by atoms with Gasteiger partial charge in [-0.2, -0.15) is 11.8 Å². The molecule has 0 saturated carbocycles. The number of hydrogen-bond acceptors (Lipinski definition) is 3. The molecule has 0 aromatic carbocycles. The largest absolute Gasteiger partial charge is 0.311 e. The molecule has 0 saturated heterocycles. The SMILES string of the molecule is CCC(C)CSCCNCc1cccs1. The Bertz CT molecular complexity index is 234. The Morgan fingerprint density at radius 2 is 2.40 bits per heavy atom. The number of rotatable bonds is 8. The van der Waals surface area contributed by atoms with Gasteiger partial charge >= 0.3 is 0 Å². The summed E-state index contributed by atoms with van der Waals surface area (Å²) in [5.41, 5.74) is 0. The number of hydrogen-bond donors (Lipinski definition) is 1. The first-order chi connectivity index (χ1) is 7.33. The molecule has 0 aliphatic carbocycles. The summed E-state index contributed by atoms with van der Waals surface area (Å²) in [5.74, 6) is 3.40. The molecular formula is C12H21NS2. The van der Waals surface area contributed by atoms with Crippen molar-refractivity contribution in [1.82, 2.24) is 5.32 Å². The smallest absolute Gasteiger partial charge is 0.0300 e. The highest BCUT2D eigenvalue weighted by Crippen LogP contribution is 2.10. The van der Waals surface area contributed by atoms with Gasteiger partial charge in [0.2, 0.25) is 0 Å². The summed E-state index contributed by atoms with van der Waals surface area (Å²) < 4.78 is 0. The second kappa shape index (κ2) is 8.20. The van der Waals surface area contributed by atoms with Crippen LogP contribution in [0, 0.1) is 5.92 Å². The summed E-state index contributed by atoms with van der Waals surface area (Å²) in [7, 11) is 0. The van der Waals surface area contributed by atoms with Crippen molar-refractivity contribution in [2.45, 2.75) is 26.8 Å². The maximum atomic E-state index is 3.47. The molecular weight excluding hydrogens is 222 g/mol. The Morgan fingerprint density at radius 1 is 1.53 bits per heavy atom. The van der Waals surface area contributed by atoms with Crippen LogP contribution in [0.2, 0.25) is 0 Å². The Morgan fingerprint density at radius 3 is 3.07 bits per heavy atom. The van der Waals surface area contributed by atoms with Crippen LogP contribution in [0.3, 0.4) is 0 Å². The van der Waals surface area contributed by atoms with Crippen LogP contribution in [0.5, 0.6) is 0 Å². The molecule has 1 rings (SSSR count). The second-order valence-corrected chi connectivity index (χ2v) is 6.03. The molecule has 1 heterocycles. The van der Waals surface area contributed by atoms with Gasteiger partial charge in [-0.15, -0.1) is 11.3 Å². The summed E-state index contributed by atoms with van der Waals surface area (Å²) in [4.78, 5) is 1.43. The summed E-state index contributed by atoms with van der Waals surface area (Å²) in [5, 5.41) is 5.60. The predicted molar refractivity (Wildman–Crippen MR) is 72.8 cm³/mol. The molecule has 1 N–H and O–H groups in total. The molecule has 86 valence electrons. The lowest BCUT2D eigenvalue weighted by molar-refractivity contribution is 0.636. The Labute approximate surface area is 102 Å². The van der Waals surface area contributed by atoms with E-state index in [9.17, 15) is 0 Å². The van der Waals surface area contributed by atoms with Crippen LogP contribution in [0.15, 0.2) is 17.5 Å². The molecule has 1 atom stereocenters. The number of thioether (sulfide) groups is 1. The summed E-state index contributed by atoms with van der Waals surface area (Å²) in [6, 6.07) is 4.29. The zero-order chi connectivity index (χ0) is 10.9. The molecule has 1 aromatic heterocycles. The van der Waals surface area contributed by atoms with E-state index in [1.54, 1.807) is 0 Å². The average Bonchev–Trinajstić information content (AvgIpc) is 2.75. The molecule has 0 radical (unpaired) electrons. The highest BCUT2D eigenvalue weighted by Gasteiger charge is 1.98. The molecule has 3 heteroatoms. The molecule has 0 spiro atoms. The fourth-order valence-electron chi connectivity index (χ4n) is 1.17. The Balaban J connectivity index is 1.89. The number of thiophene rings is 1. The lowest BCUT2D eigenvalue weighted by atomic mass is 10.2. The lowest BCUT2D eigenvalue weighted by Gasteiger charge is -2.07. The summed E-state index contributed by atoms with van der Waals surface area (Å²) >= 11 is 3.89. The van der Waals surface area contributed by atoms with Gasteiger partial charge in [0, 0.05) is 23.7 Å². The van der Waals surface area contributed by atoms with Crippen molar-refractivity contribution >= 4 is 23.1 Å². The van der Waals surface area contributed by atoms with E-state index in [4.69, 9.17) is 0 Å². The van der Waals surface area contributed by atoms with Crippen LogP contribution in [0.4, 0.5) is 0 Å². The molecule has 1 nitrogen and oxygen atoms in total. The fraction of sp³-hybridized carbons (Fsp3) is 0.667. The maximum absolute atomic E-state index is 3.47. The molecule has 1 unspecified atom stereocenters. The molecule has 0 bridgehead atoms. The molecule has 0 aliphatic heterocycles. The van der Waals surface area contributed by atoms with Crippen LogP contribution in [-0.2, 0) is 6.54 Å². The lowest BCUT2D eigenvalue weighted by Crippen LogP contribution is -2.16. The van der Waals surface area contributed by atoms with Crippen molar-refractivity contribution < 1.29 is 0 Å². The molecule has 15 heavy (non-hydrogen) atoms. The summed E-state index contributed by atoms with van der Waals surface area (Å²) in [6.45, 7) is 6.74. The van der Waals surface area contributed by atoms with Crippen LogP contribution < -0.4 is 5.32 Å². The van der Waals surface area contributed by atoms with E-state index in [2.05, 4.69) is 48.4 Å². The third-order valence-electron chi connectivity index (χ3n) is 2.40. The van der Waals surface area contributed by atoms with E-state index >= 15 is 0 Å². The van der Waals surface area contributed by atoms with Gasteiger partial charge in [0.15, 0.2) is 0 Å². The monoisotopic (exact) mass is 243 g/mol. The van der Waals surface area contributed by atoms with E-state index in [-0.39, 0.29) is 0 Å². The third-order valence-corrected chi connectivity index (χ3v) is 4.58. The first-order valence-electron chi connectivity index (χ1n) is 5.63. The predicted octanol–water partition coefficient (Wildman–Crippen LogP) is 3.62. The van der Waals surface area contributed by atoms with E-state index in [1.807, 2.05) is 11.3 Å². The van der Waals surface area contributed by atoms with Crippen LogP contribution in [0.1, 0.15) is 25.1 Å². The van der Waals surface area contributed by atoms with Crippen molar-refractivity contribution in [3.05, 3.63) is 22.4 Å². The molecule has 0 fully saturated rings. The van der Waals surface area contributed by atoms with Crippen LogP contribution >= 0.6 is 23.1 Å². The van der Waals surface area contributed by atoms with Gasteiger partial charge in [-0.25, -0.2) is 0 Å². The van der Waals surface area contributed by atoms with Gasteiger partial charge < -0.3 is 5.32 Å².